The summed E-state index contributed by atoms with van der Waals surface area (Å²) in [6.45, 7) is 24.6. The van der Waals surface area contributed by atoms with Gasteiger partial charge in [0.1, 0.15) is 5.82 Å². The van der Waals surface area contributed by atoms with Crippen LogP contribution in [0.1, 0.15) is 262 Å². The van der Waals surface area contributed by atoms with Crippen LogP contribution in [0.4, 0.5) is 17.1 Å². The summed E-state index contributed by atoms with van der Waals surface area (Å²) in [4.78, 5) is 7.54. The summed E-state index contributed by atoms with van der Waals surface area (Å²) in [6, 6.07) is 37.5. The van der Waals surface area contributed by atoms with Crippen molar-refractivity contribution in [1.82, 2.24) is 5.32 Å². The molecule has 2 aliphatic heterocycles. The molecule has 2 saturated heterocycles. The standard InChI is InChI=1S/C35H49N2P.C21H26N2.C18H33P.C7H6.C5H8.4ClH.2Ru/c1-26-15-9-11-21-30(26)33-25-36-35(37(33)32-23-13-10-16-27(32)2)31-22-12-14-24-34(31)38(28-17-5-3-6-18-28)29-19-7-4-8-20-29;1-14-9-16(3)20(17(4)10-14)22-7-8-23(13-22)21-18(5)11-15(2)12-19(21)6;1-4-10-16(11-5-1)19(17-12-6-2-7-13-17)18-14-8-3-9-15-18;1-7-5-3-2-4-6-7;1-4-5(2)3;;;;;;/h9-11,13,15-16,21,23,28-29,33-34,36H,3-8,12,14,17-20,22,24-25H2,1-2H3;9-12H,7-8H2,1-6H3;16-18H,1-15H2;1-6H;1,4H,2-3H3;4*1H;;/q;;;;;;;;;;-2/p-4. The van der Waals surface area contributed by atoms with Gasteiger partial charge in [-0.1, -0.05) is 161 Å². The number of benzene rings is 5. The Kier molecular flexibility index (Phi) is 30.8. The number of halogens is 4. The number of anilines is 3. The van der Waals surface area contributed by atoms with Crippen molar-refractivity contribution in [2.45, 2.75) is 295 Å². The van der Waals surface area contributed by atoms with Gasteiger partial charge in [0, 0.05) is 17.9 Å². The number of nitrogens with zero attached hydrogens (tertiary/aromatic N) is 3. The first-order valence-corrected chi connectivity index (χ1v) is 53.3. The SMILES string of the molecule is C1CCC(P(C2CCCCC2)C2CCCCC2)CC1.CC(C)=C[CH]=[Ru-4]([Cl])([Cl])=[C]1N(c2c(C)cc(C)cc2C)CCN1c1c(C)cc(C)cc1C.Cc1ccccc1C1CNC(=C2CCCCC2P(C2CCCCC2)C2CCCCC2)N1c1ccccc1C.[Cl][Ru-2]([Cl])=[CH]c1ccccc1. The molecule has 0 bridgehead atoms. The second-order valence-electron chi connectivity index (χ2n) is 30.5. The van der Waals surface area contributed by atoms with Crippen LogP contribution in [-0.2, 0) is 25.4 Å². The van der Waals surface area contributed by atoms with Crippen LogP contribution in [0.5, 0.6) is 0 Å². The van der Waals surface area contributed by atoms with Gasteiger partial charge in [-0.25, -0.2) is 0 Å². The van der Waals surface area contributed by atoms with E-state index in [1.165, 1.54) is 205 Å². The van der Waals surface area contributed by atoms with Crippen LogP contribution < -0.4 is 20.0 Å². The maximum absolute atomic E-state index is 7.26. The topological polar surface area (TPSA) is 21.8 Å². The Morgan fingerprint density at radius 1 is 0.480 bits per heavy atom. The molecule has 2 heterocycles. The molecule has 5 aromatic carbocycles. The van der Waals surface area contributed by atoms with Gasteiger partial charge >= 0.3 is 273 Å². The van der Waals surface area contributed by atoms with Crippen molar-refractivity contribution in [3.8, 4) is 0 Å². The van der Waals surface area contributed by atoms with Crippen molar-refractivity contribution in [3.05, 3.63) is 182 Å². The van der Waals surface area contributed by atoms with Crippen LogP contribution >= 0.6 is 54.6 Å². The molecule has 13 rings (SSSR count). The van der Waals surface area contributed by atoms with Gasteiger partial charge in [-0.3, -0.25) is 0 Å². The normalized spacial score (nSPS) is 22.1. The predicted octanol–water partition coefficient (Wildman–Crippen LogP) is 26.2. The fourth-order valence-corrected chi connectivity index (χ4v) is 35.1. The molecule has 0 amide bonds. The number of allylic oxidation sites excluding steroid dienone is 3. The van der Waals surface area contributed by atoms with E-state index in [1.54, 1.807) is 77.0 Å². The zero-order chi connectivity index (χ0) is 69.3. The van der Waals surface area contributed by atoms with Crippen LogP contribution in [0.15, 0.2) is 126 Å². The quantitative estimate of drug-likeness (QED) is 0.0993. The molecule has 0 radical (unpaired) electrons. The van der Waals surface area contributed by atoms with Crippen LogP contribution in [0.3, 0.4) is 0 Å². The van der Waals surface area contributed by atoms with Crippen molar-refractivity contribution in [2.75, 3.05) is 34.3 Å². The molecule has 6 aliphatic carbocycles. The zero-order valence-corrected chi connectivity index (χ0v) is 70.0. The number of nitrogens with one attached hydrogen (secondary N) is 1. The third-order valence-electron chi connectivity index (χ3n) is 22.7. The predicted molar refractivity (Wildman–Crippen MR) is 435 cm³/mol. The fraction of sp³-hybridized carbons (Fsp3) is 0.570. The second kappa shape index (κ2) is 38.6. The molecule has 5 aromatic rings. The van der Waals surface area contributed by atoms with E-state index >= 15 is 0 Å². The summed E-state index contributed by atoms with van der Waals surface area (Å²) in [5.41, 5.74) is 26.3. The Morgan fingerprint density at radius 2 is 0.888 bits per heavy atom. The van der Waals surface area contributed by atoms with E-state index in [0.29, 0.717) is 14.0 Å². The summed E-state index contributed by atoms with van der Waals surface area (Å²) in [7, 11) is 26.3. The molecule has 2 atom stereocenters. The molecule has 0 aromatic heterocycles. The summed E-state index contributed by atoms with van der Waals surface area (Å²) in [5, 5.41) is 4.08. The Bertz CT molecular complexity index is 3430. The number of hydrogen-bond donors (Lipinski definition) is 1. The van der Waals surface area contributed by atoms with Gasteiger partial charge in [-0.05, 0) is 154 Å². The Balaban J connectivity index is 0.000000155. The third-order valence-corrected chi connectivity index (χ3v) is 38.1. The van der Waals surface area contributed by atoms with E-state index in [4.69, 9.17) is 38.8 Å². The van der Waals surface area contributed by atoms with E-state index in [1.807, 2.05) is 40.5 Å². The van der Waals surface area contributed by atoms with E-state index in [2.05, 4.69) is 173 Å². The molecule has 6 saturated carbocycles. The molecular weight excluding hydrogens is 1490 g/mol. The van der Waals surface area contributed by atoms with Crippen molar-refractivity contribution in [1.29, 1.82) is 0 Å². The summed E-state index contributed by atoms with van der Waals surface area (Å²) < 4.78 is 5.07. The summed E-state index contributed by atoms with van der Waals surface area (Å²) >= 11 is -4.94. The van der Waals surface area contributed by atoms with Crippen molar-refractivity contribution in [3.63, 3.8) is 0 Å². The first kappa shape index (κ1) is 78.2. The first-order valence-electron chi connectivity index (χ1n) is 38.4. The minimum absolute atomic E-state index is 0.0345. The van der Waals surface area contributed by atoms with Crippen LogP contribution in [0, 0.1) is 55.4 Å². The molecule has 8 aliphatic rings. The molecule has 546 valence electrons. The number of hydrogen-bond acceptors (Lipinski definition) is 4. The monoisotopic (exact) mass is 1620 g/mol. The zero-order valence-electron chi connectivity index (χ0n) is 61.7. The first-order chi connectivity index (χ1) is 47.4. The molecule has 2 unspecified atom stereocenters. The van der Waals surface area contributed by atoms with E-state index in [9.17, 15) is 0 Å². The van der Waals surface area contributed by atoms with Crippen LogP contribution in [0.25, 0.3) is 0 Å². The Morgan fingerprint density at radius 3 is 1.32 bits per heavy atom. The molecule has 4 nitrogen and oxygen atoms in total. The van der Waals surface area contributed by atoms with Crippen molar-refractivity contribution < 1.29 is 25.4 Å². The van der Waals surface area contributed by atoms with Gasteiger partial charge in [0.05, 0.1) is 6.04 Å². The molecule has 98 heavy (non-hydrogen) atoms. The van der Waals surface area contributed by atoms with Crippen molar-refractivity contribution >= 4 is 85.2 Å². The number of para-hydroxylation sites is 1. The van der Waals surface area contributed by atoms with Gasteiger partial charge in [-0.15, -0.1) is 0 Å². The van der Waals surface area contributed by atoms with Gasteiger partial charge in [-0.2, -0.15) is 0 Å². The molecule has 8 fully saturated rings. The summed E-state index contributed by atoms with van der Waals surface area (Å²) in [5.74, 6) is 1.50. The summed E-state index contributed by atoms with van der Waals surface area (Å²) in [6.07, 6.45) is 46.2. The average Bonchev–Trinajstić information content (AvgIpc) is 1.56. The van der Waals surface area contributed by atoms with Crippen LogP contribution in [-0.4, -0.2) is 67.2 Å². The molecule has 0 spiro atoms. The van der Waals surface area contributed by atoms with E-state index in [-0.39, 0.29) is 7.92 Å². The van der Waals surface area contributed by atoms with Gasteiger partial charge in [0.2, 0.25) is 0 Å². The number of rotatable bonds is 12. The van der Waals surface area contributed by atoms with E-state index < -0.39 is 25.4 Å². The second-order valence-corrected chi connectivity index (χ2v) is 51.6. The van der Waals surface area contributed by atoms with Gasteiger partial charge < -0.3 is 10.2 Å². The van der Waals surface area contributed by atoms with Crippen LogP contribution in [0.2, 0.25) is 0 Å². The Hall–Kier alpha value is -2.34. The number of aryl methyl sites for hydroxylation is 8. The third kappa shape index (κ3) is 20.8. The minimum atomic E-state index is -3.33. The van der Waals surface area contributed by atoms with Crippen molar-refractivity contribution in [2.24, 2.45) is 0 Å². The fourth-order valence-electron chi connectivity index (χ4n) is 18.6. The maximum atomic E-state index is 7.26. The molecule has 12 heteroatoms. The van der Waals surface area contributed by atoms with Gasteiger partial charge in [0.15, 0.2) is 0 Å². The van der Waals surface area contributed by atoms with E-state index in [0.717, 1.165) is 46.5 Å². The average molecular weight is 1620 g/mol. The molecular formula is C86H122Cl4N4P2Ru2-6. The Labute approximate surface area is 622 Å². The molecule has 1 N–H and O–H groups in total. The van der Waals surface area contributed by atoms with Gasteiger partial charge in [0.25, 0.3) is 0 Å².